The van der Waals surface area contributed by atoms with Crippen LogP contribution in [0.25, 0.3) is 0 Å². The van der Waals surface area contributed by atoms with Crippen molar-refractivity contribution in [1.29, 1.82) is 0 Å². The second kappa shape index (κ2) is 8.28. The van der Waals surface area contributed by atoms with E-state index in [9.17, 15) is 18.7 Å². The molecule has 0 bridgehead atoms. The largest absolute Gasteiger partial charge is 0.478 e. The molecule has 152 valence electrons. The number of carboxylic acids is 1. The average molecular weight is 393 g/mol. The lowest BCUT2D eigenvalue weighted by Gasteiger charge is -2.46. The Labute approximate surface area is 163 Å². The van der Waals surface area contributed by atoms with Gasteiger partial charge in [0.05, 0.1) is 13.2 Å². The molecule has 28 heavy (non-hydrogen) atoms. The zero-order valence-electron chi connectivity index (χ0n) is 16.3. The Hall–Kier alpha value is -2.45. The summed E-state index contributed by atoms with van der Waals surface area (Å²) in [7, 11) is 3.54. The van der Waals surface area contributed by atoms with Crippen LogP contribution in [-0.4, -0.2) is 72.3 Å². The zero-order chi connectivity index (χ0) is 20.4. The lowest BCUT2D eigenvalue weighted by molar-refractivity contribution is -0.132. The summed E-state index contributed by atoms with van der Waals surface area (Å²) < 4.78 is 32.9. The average Bonchev–Trinajstić information content (AvgIpc) is 2.61. The van der Waals surface area contributed by atoms with Crippen LogP contribution in [0.15, 0.2) is 41.2 Å². The standard InChI is InChI=1S/C20H25F2N3O3/c1-13-8-17(24-4-6-28-7-5-24)25(19(23(2)3)18(13)20(26)27)12-14-9-15(21)11-16(22)10-14/h8-11,17H,4-7,12H2,1-3H3,(H,26,27). The van der Waals surface area contributed by atoms with E-state index in [4.69, 9.17) is 4.74 Å². The number of hydrogen-bond acceptors (Lipinski definition) is 5. The summed E-state index contributed by atoms with van der Waals surface area (Å²) in [6, 6.07) is 3.38. The highest BCUT2D eigenvalue weighted by molar-refractivity contribution is 5.92. The lowest BCUT2D eigenvalue weighted by atomic mass is 9.99. The molecule has 0 radical (unpaired) electrons. The molecule has 2 aliphatic rings. The molecule has 2 heterocycles. The van der Waals surface area contributed by atoms with E-state index in [2.05, 4.69) is 4.90 Å². The maximum atomic E-state index is 13.7. The Bertz CT molecular complexity index is 797. The predicted octanol–water partition coefficient (Wildman–Crippen LogP) is 2.24. The van der Waals surface area contributed by atoms with E-state index in [1.165, 1.54) is 12.1 Å². The van der Waals surface area contributed by atoms with Gasteiger partial charge in [0.25, 0.3) is 0 Å². The van der Waals surface area contributed by atoms with E-state index in [0.29, 0.717) is 43.3 Å². The maximum absolute atomic E-state index is 13.7. The molecule has 2 aliphatic heterocycles. The molecule has 0 amide bonds. The van der Waals surface area contributed by atoms with Gasteiger partial charge in [0.15, 0.2) is 0 Å². The van der Waals surface area contributed by atoms with E-state index in [0.717, 1.165) is 6.07 Å². The molecule has 0 aromatic heterocycles. The molecule has 1 aromatic carbocycles. The first kappa shape index (κ1) is 20.3. The summed E-state index contributed by atoms with van der Waals surface area (Å²) in [4.78, 5) is 17.8. The summed E-state index contributed by atoms with van der Waals surface area (Å²) in [5.74, 6) is -1.84. The first-order chi connectivity index (χ1) is 13.3. The third kappa shape index (κ3) is 4.18. The molecule has 0 aliphatic carbocycles. The fourth-order valence-electron chi connectivity index (χ4n) is 3.80. The van der Waals surface area contributed by atoms with Crippen molar-refractivity contribution in [3.8, 4) is 0 Å². The number of nitrogens with zero attached hydrogens (tertiary/aromatic N) is 3. The molecular formula is C20H25F2N3O3. The molecule has 1 unspecified atom stereocenters. The maximum Gasteiger partial charge on any atom is 0.339 e. The molecule has 3 rings (SSSR count). The van der Waals surface area contributed by atoms with Crippen LogP contribution in [0.2, 0.25) is 0 Å². The van der Waals surface area contributed by atoms with E-state index < -0.39 is 17.6 Å². The minimum atomic E-state index is -1.03. The third-order valence-corrected chi connectivity index (χ3v) is 4.94. The van der Waals surface area contributed by atoms with Gasteiger partial charge in [0, 0.05) is 39.8 Å². The SMILES string of the molecule is CC1=CC(N2CCOCC2)N(Cc2cc(F)cc(F)c2)C(N(C)C)=C1C(=O)O. The summed E-state index contributed by atoms with van der Waals surface area (Å²) in [6.07, 6.45) is 1.66. The number of hydrogen-bond donors (Lipinski definition) is 1. The van der Waals surface area contributed by atoms with E-state index in [1.807, 2.05) is 11.0 Å². The highest BCUT2D eigenvalue weighted by Gasteiger charge is 2.35. The lowest BCUT2D eigenvalue weighted by Crippen LogP contribution is -2.54. The van der Waals surface area contributed by atoms with Crippen LogP contribution in [0.4, 0.5) is 8.78 Å². The molecule has 1 aromatic rings. The van der Waals surface area contributed by atoms with Crippen LogP contribution < -0.4 is 0 Å². The first-order valence-electron chi connectivity index (χ1n) is 9.15. The van der Waals surface area contributed by atoms with Gasteiger partial charge in [0.2, 0.25) is 0 Å². The monoisotopic (exact) mass is 393 g/mol. The summed E-state index contributed by atoms with van der Waals surface area (Å²) in [5, 5.41) is 9.79. The topological polar surface area (TPSA) is 56.2 Å². The molecule has 6 nitrogen and oxygen atoms in total. The number of benzene rings is 1. The van der Waals surface area contributed by atoms with E-state index in [1.54, 1.807) is 25.9 Å². The summed E-state index contributed by atoms with van der Waals surface area (Å²) in [5.41, 5.74) is 1.29. The molecule has 0 saturated carbocycles. The van der Waals surface area contributed by atoms with Crippen LogP contribution in [-0.2, 0) is 16.1 Å². The number of rotatable bonds is 5. The normalized spacial score (nSPS) is 21.0. The number of ether oxygens (including phenoxy) is 1. The van der Waals surface area contributed by atoms with Crippen molar-refractivity contribution in [1.82, 2.24) is 14.7 Å². The van der Waals surface area contributed by atoms with Gasteiger partial charge in [0.1, 0.15) is 29.2 Å². The van der Waals surface area contributed by atoms with Gasteiger partial charge in [-0.1, -0.05) is 0 Å². The Morgan fingerprint density at radius 2 is 1.82 bits per heavy atom. The van der Waals surface area contributed by atoms with E-state index >= 15 is 0 Å². The van der Waals surface area contributed by atoms with Gasteiger partial charge in [-0.2, -0.15) is 0 Å². The van der Waals surface area contributed by atoms with Gasteiger partial charge in [-0.3, -0.25) is 4.90 Å². The summed E-state index contributed by atoms with van der Waals surface area (Å²) in [6.45, 7) is 4.48. The van der Waals surface area contributed by atoms with Gasteiger partial charge in [-0.15, -0.1) is 0 Å². The smallest absolute Gasteiger partial charge is 0.339 e. The molecule has 1 saturated heterocycles. The van der Waals surface area contributed by atoms with Crippen molar-refractivity contribution in [2.24, 2.45) is 0 Å². The second-order valence-electron chi connectivity index (χ2n) is 7.22. The van der Waals surface area contributed by atoms with Crippen molar-refractivity contribution in [2.45, 2.75) is 19.6 Å². The second-order valence-corrected chi connectivity index (χ2v) is 7.22. The molecule has 1 fully saturated rings. The van der Waals surface area contributed by atoms with Crippen LogP contribution in [0.1, 0.15) is 12.5 Å². The quantitative estimate of drug-likeness (QED) is 0.828. The Kier molecular flexibility index (Phi) is 6.00. The molecule has 1 N–H and O–H groups in total. The highest BCUT2D eigenvalue weighted by Crippen LogP contribution is 2.32. The Morgan fingerprint density at radius 3 is 2.36 bits per heavy atom. The van der Waals surface area contributed by atoms with E-state index in [-0.39, 0.29) is 18.3 Å². The van der Waals surface area contributed by atoms with Gasteiger partial charge in [-0.25, -0.2) is 13.6 Å². The van der Waals surface area contributed by atoms with Crippen molar-refractivity contribution >= 4 is 5.97 Å². The predicted molar refractivity (Wildman–Crippen MR) is 100 cm³/mol. The van der Waals surface area contributed by atoms with Crippen molar-refractivity contribution in [3.05, 3.63) is 58.4 Å². The van der Waals surface area contributed by atoms with Crippen LogP contribution in [0.3, 0.4) is 0 Å². The number of morpholine rings is 1. The molecule has 0 spiro atoms. The highest BCUT2D eigenvalue weighted by atomic mass is 19.1. The fraction of sp³-hybridized carbons (Fsp3) is 0.450. The molecule has 1 atom stereocenters. The minimum absolute atomic E-state index is 0.171. The summed E-state index contributed by atoms with van der Waals surface area (Å²) >= 11 is 0. The van der Waals surface area contributed by atoms with Crippen molar-refractivity contribution < 1.29 is 23.4 Å². The molecular weight excluding hydrogens is 368 g/mol. The van der Waals surface area contributed by atoms with Crippen LogP contribution in [0, 0.1) is 11.6 Å². The Balaban J connectivity index is 2.07. The van der Waals surface area contributed by atoms with Crippen LogP contribution in [0.5, 0.6) is 0 Å². The minimum Gasteiger partial charge on any atom is -0.478 e. The number of halogens is 2. The molecule has 8 heteroatoms. The third-order valence-electron chi connectivity index (χ3n) is 4.94. The van der Waals surface area contributed by atoms with Crippen molar-refractivity contribution in [2.75, 3.05) is 40.4 Å². The van der Waals surface area contributed by atoms with Gasteiger partial charge < -0.3 is 19.6 Å². The van der Waals surface area contributed by atoms with Gasteiger partial charge in [-0.05, 0) is 36.3 Å². The fourth-order valence-corrected chi connectivity index (χ4v) is 3.80. The number of aliphatic carboxylic acids is 1. The first-order valence-corrected chi connectivity index (χ1v) is 9.15. The van der Waals surface area contributed by atoms with Crippen LogP contribution >= 0.6 is 0 Å². The zero-order valence-corrected chi connectivity index (χ0v) is 16.3. The van der Waals surface area contributed by atoms with Gasteiger partial charge >= 0.3 is 5.97 Å². The number of carboxylic acid groups (broad SMARTS) is 1. The Morgan fingerprint density at radius 1 is 1.21 bits per heavy atom. The van der Waals surface area contributed by atoms with Crippen molar-refractivity contribution in [3.63, 3.8) is 0 Å². The number of carbonyl (C=O) groups is 1.